The van der Waals surface area contributed by atoms with E-state index < -0.39 is 25.8 Å². The van der Waals surface area contributed by atoms with Crippen LogP contribution in [0, 0.1) is 0 Å². The van der Waals surface area contributed by atoms with E-state index in [-0.39, 0.29) is 10.0 Å². The van der Waals surface area contributed by atoms with E-state index in [2.05, 4.69) is 0 Å². The number of carbonyl (C=O) groups is 1. The summed E-state index contributed by atoms with van der Waals surface area (Å²) in [6, 6.07) is 16.6. The number of alkyl halides is 3. The SMILES string of the molecule is O=C(/C(=C/c1ccccc1)[Se]C(F)(F)F)c1ccccc1. The van der Waals surface area contributed by atoms with Crippen LogP contribution in [0.15, 0.2) is 65.1 Å². The molecule has 108 valence electrons. The van der Waals surface area contributed by atoms with Crippen molar-refractivity contribution >= 4 is 26.8 Å². The Bertz CT molecular complexity index is 634. The molecule has 2 aromatic rings. The van der Waals surface area contributed by atoms with E-state index in [4.69, 9.17) is 0 Å². The van der Waals surface area contributed by atoms with Gasteiger partial charge in [0, 0.05) is 0 Å². The fourth-order valence-corrected chi connectivity index (χ4v) is 3.07. The molecule has 1 nitrogen and oxygen atoms in total. The Morgan fingerprint density at radius 3 is 1.95 bits per heavy atom. The van der Waals surface area contributed by atoms with Crippen molar-refractivity contribution in [3.63, 3.8) is 0 Å². The number of carbonyl (C=O) groups excluding carboxylic acids is 1. The zero-order valence-corrected chi connectivity index (χ0v) is 12.5. The molecule has 0 saturated carbocycles. The first kappa shape index (κ1) is 15.5. The third-order valence-corrected chi connectivity index (χ3v) is 4.17. The number of hydrogen-bond acceptors (Lipinski definition) is 1. The van der Waals surface area contributed by atoms with E-state index in [0.29, 0.717) is 5.56 Å². The standard InChI is InChI=1S/C16H11F3OSe/c17-16(18,19)21-14(11-12-7-3-1-4-8-12)15(20)13-9-5-2-6-10-13/h1-11H/b14-11-. The summed E-state index contributed by atoms with van der Waals surface area (Å²) in [7, 11) is 0. The maximum atomic E-state index is 12.7. The van der Waals surface area contributed by atoms with Gasteiger partial charge in [0.15, 0.2) is 0 Å². The van der Waals surface area contributed by atoms with Gasteiger partial charge in [-0.25, -0.2) is 0 Å². The molecule has 0 aliphatic rings. The summed E-state index contributed by atoms with van der Waals surface area (Å²) < 4.78 is 38.0. The van der Waals surface area contributed by atoms with Crippen LogP contribution in [0.5, 0.6) is 0 Å². The number of rotatable bonds is 4. The summed E-state index contributed by atoms with van der Waals surface area (Å²) in [5, 5.41) is -4.36. The molecule has 0 radical (unpaired) electrons. The van der Waals surface area contributed by atoms with Crippen LogP contribution in [0.4, 0.5) is 13.2 Å². The second-order valence-corrected chi connectivity index (χ2v) is 6.48. The second kappa shape index (κ2) is 6.74. The number of ketones is 1. The average molecular weight is 355 g/mol. The van der Waals surface area contributed by atoms with Crippen molar-refractivity contribution in [2.45, 2.75) is 5.07 Å². The van der Waals surface area contributed by atoms with Crippen LogP contribution in [-0.4, -0.2) is 25.8 Å². The molecule has 0 spiro atoms. The zero-order chi connectivity index (χ0) is 15.3. The van der Waals surface area contributed by atoms with E-state index in [9.17, 15) is 18.0 Å². The number of halogens is 3. The minimum atomic E-state index is -4.36. The quantitative estimate of drug-likeness (QED) is 0.458. The van der Waals surface area contributed by atoms with Gasteiger partial charge in [-0.15, -0.1) is 0 Å². The van der Waals surface area contributed by atoms with Gasteiger partial charge in [0.2, 0.25) is 0 Å². The van der Waals surface area contributed by atoms with E-state index in [1.54, 1.807) is 48.5 Å². The zero-order valence-electron chi connectivity index (χ0n) is 10.8. The number of benzene rings is 2. The Labute approximate surface area is 126 Å². The molecule has 21 heavy (non-hydrogen) atoms. The fourth-order valence-electron chi connectivity index (χ4n) is 1.70. The van der Waals surface area contributed by atoms with Crippen LogP contribution in [0.2, 0.25) is 0 Å². The van der Waals surface area contributed by atoms with Crippen LogP contribution in [0.25, 0.3) is 6.08 Å². The van der Waals surface area contributed by atoms with Crippen molar-refractivity contribution in [1.82, 2.24) is 0 Å². The van der Waals surface area contributed by atoms with Gasteiger partial charge >= 0.3 is 126 Å². The van der Waals surface area contributed by atoms with E-state index in [0.717, 1.165) is 0 Å². The first-order valence-electron chi connectivity index (χ1n) is 6.08. The van der Waals surface area contributed by atoms with Gasteiger partial charge in [0.1, 0.15) is 0 Å². The van der Waals surface area contributed by atoms with Gasteiger partial charge in [0.05, 0.1) is 0 Å². The second-order valence-electron chi connectivity index (χ2n) is 4.16. The maximum absolute atomic E-state index is 12.7. The third kappa shape index (κ3) is 4.88. The van der Waals surface area contributed by atoms with Crippen molar-refractivity contribution in [3.8, 4) is 0 Å². The third-order valence-electron chi connectivity index (χ3n) is 2.58. The molecule has 0 unspecified atom stereocenters. The van der Waals surface area contributed by atoms with Crippen molar-refractivity contribution in [2.24, 2.45) is 0 Å². The molecule has 2 aromatic carbocycles. The molecule has 2 rings (SSSR count). The van der Waals surface area contributed by atoms with Gasteiger partial charge in [-0.05, 0) is 0 Å². The van der Waals surface area contributed by atoms with Crippen LogP contribution >= 0.6 is 0 Å². The summed E-state index contributed by atoms with van der Waals surface area (Å²) in [5.74, 6) is -0.572. The Hall–Kier alpha value is -1.84. The van der Waals surface area contributed by atoms with Crippen LogP contribution < -0.4 is 0 Å². The predicted molar refractivity (Wildman–Crippen MR) is 77.0 cm³/mol. The average Bonchev–Trinajstić information content (AvgIpc) is 2.46. The van der Waals surface area contributed by atoms with Crippen molar-refractivity contribution in [2.75, 3.05) is 0 Å². The van der Waals surface area contributed by atoms with Crippen LogP contribution in [0.1, 0.15) is 15.9 Å². The fraction of sp³-hybridized carbons (Fsp3) is 0.0625. The molecular formula is C16H11F3OSe. The Morgan fingerprint density at radius 2 is 1.43 bits per heavy atom. The predicted octanol–water partition coefficient (Wildman–Crippen LogP) is 4.13. The molecule has 0 bridgehead atoms. The van der Waals surface area contributed by atoms with E-state index >= 15 is 0 Å². The molecule has 0 aromatic heterocycles. The number of hydrogen-bond donors (Lipinski definition) is 0. The first-order chi connectivity index (χ1) is 9.96. The minimum absolute atomic E-state index is 0.201. The first-order valence-corrected chi connectivity index (χ1v) is 7.79. The van der Waals surface area contributed by atoms with E-state index in [1.807, 2.05) is 0 Å². The van der Waals surface area contributed by atoms with Crippen molar-refractivity contribution in [3.05, 3.63) is 76.3 Å². The van der Waals surface area contributed by atoms with Gasteiger partial charge < -0.3 is 0 Å². The monoisotopic (exact) mass is 356 g/mol. The van der Waals surface area contributed by atoms with Crippen LogP contribution in [-0.2, 0) is 0 Å². The molecule has 0 heterocycles. The van der Waals surface area contributed by atoms with Crippen LogP contribution in [0.3, 0.4) is 0 Å². The molecule has 0 aliphatic heterocycles. The van der Waals surface area contributed by atoms with Gasteiger partial charge in [-0.1, -0.05) is 0 Å². The molecule has 0 N–H and O–H groups in total. The Balaban J connectivity index is 2.37. The summed E-state index contributed by atoms with van der Waals surface area (Å²) in [5.41, 5.74) is 0.855. The normalized spacial score (nSPS) is 12.2. The summed E-state index contributed by atoms with van der Waals surface area (Å²) in [6.45, 7) is 0. The molecule has 0 amide bonds. The molecule has 0 saturated heterocycles. The summed E-state index contributed by atoms with van der Waals surface area (Å²) in [6.07, 6.45) is 1.32. The molecular weight excluding hydrogens is 344 g/mol. The van der Waals surface area contributed by atoms with Gasteiger partial charge in [-0.2, -0.15) is 0 Å². The molecule has 5 heteroatoms. The van der Waals surface area contributed by atoms with E-state index in [1.165, 1.54) is 18.2 Å². The van der Waals surface area contributed by atoms with Crippen molar-refractivity contribution in [1.29, 1.82) is 0 Å². The van der Waals surface area contributed by atoms with Gasteiger partial charge in [0.25, 0.3) is 0 Å². The summed E-state index contributed by atoms with van der Waals surface area (Å²) in [4.78, 5) is 12.3. The number of Topliss-reactive ketones (excluding diaryl/α,β-unsaturated/α-hetero) is 1. The van der Waals surface area contributed by atoms with Crippen molar-refractivity contribution < 1.29 is 18.0 Å². The molecule has 0 fully saturated rings. The number of allylic oxidation sites excluding steroid dienone is 1. The summed E-state index contributed by atoms with van der Waals surface area (Å²) >= 11 is -1.88. The Morgan fingerprint density at radius 1 is 0.905 bits per heavy atom. The van der Waals surface area contributed by atoms with Gasteiger partial charge in [-0.3, -0.25) is 0 Å². The topological polar surface area (TPSA) is 17.1 Å². The molecule has 0 atom stereocenters. The Kier molecular flexibility index (Phi) is 4.99. The molecule has 0 aliphatic carbocycles.